The highest BCUT2D eigenvalue weighted by Crippen LogP contribution is 2.34. The van der Waals surface area contributed by atoms with E-state index in [1.807, 2.05) is 25.1 Å². The molecule has 0 spiro atoms. The largest absolute Gasteiger partial charge is 0.396 e. The summed E-state index contributed by atoms with van der Waals surface area (Å²) < 4.78 is 0. The molecule has 0 fully saturated rings. The van der Waals surface area contributed by atoms with Gasteiger partial charge in [0.2, 0.25) is 5.91 Å². The molecule has 0 heterocycles. The third-order valence-corrected chi connectivity index (χ3v) is 3.12. The topological polar surface area (TPSA) is 49.3 Å². The summed E-state index contributed by atoms with van der Waals surface area (Å²) in [5.41, 5.74) is 2.42. The molecule has 2 rings (SSSR count). The van der Waals surface area contributed by atoms with Gasteiger partial charge in [-0.2, -0.15) is 0 Å². The van der Waals surface area contributed by atoms with Crippen LogP contribution in [0.4, 0.5) is 0 Å². The van der Waals surface area contributed by atoms with Gasteiger partial charge in [-0.25, -0.2) is 0 Å². The third kappa shape index (κ3) is 2.09. The van der Waals surface area contributed by atoms with Gasteiger partial charge in [0.15, 0.2) is 0 Å². The van der Waals surface area contributed by atoms with Gasteiger partial charge in [0.05, 0.1) is 5.92 Å². The Morgan fingerprint density at radius 1 is 1.56 bits per heavy atom. The lowest BCUT2D eigenvalue weighted by molar-refractivity contribution is -0.123. The summed E-state index contributed by atoms with van der Waals surface area (Å²) in [5.74, 6) is 0.0944. The van der Waals surface area contributed by atoms with Crippen molar-refractivity contribution in [3.05, 3.63) is 35.4 Å². The fourth-order valence-electron chi connectivity index (χ4n) is 2.10. The maximum absolute atomic E-state index is 11.9. The third-order valence-electron chi connectivity index (χ3n) is 3.12. The zero-order chi connectivity index (χ0) is 11.5. The fourth-order valence-corrected chi connectivity index (χ4v) is 2.10. The summed E-state index contributed by atoms with van der Waals surface area (Å²) in [4.78, 5) is 11.9. The average Bonchev–Trinajstić information content (AvgIpc) is 2.20. The van der Waals surface area contributed by atoms with E-state index >= 15 is 0 Å². The van der Waals surface area contributed by atoms with E-state index in [4.69, 9.17) is 5.11 Å². The Kier molecular flexibility index (Phi) is 3.25. The van der Waals surface area contributed by atoms with Gasteiger partial charge in [-0.05, 0) is 30.9 Å². The Hall–Kier alpha value is -1.35. The molecule has 3 heteroatoms. The van der Waals surface area contributed by atoms with Crippen molar-refractivity contribution in [1.82, 2.24) is 5.32 Å². The zero-order valence-electron chi connectivity index (χ0n) is 9.44. The molecule has 1 aromatic carbocycles. The lowest BCUT2D eigenvalue weighted by Gasteiger charge is -2.30. The molecule has 16 heavy (non-hydrogen) atoms. The van der Waals surface area contributed by atoms with Gasteiger partial charge in [-0.3, -0.25) is 4.79 Å². The summed E-state index contributed by atoms with van der Waals surface area (Å²) in [6, 6.07) is 8.09. The van der Waals surface area contributed by atoms with Crippen molar-refractivity contribution in [3.8, 4) is 0 Å². The van der Waals surface area contributed by atoms with E-state index in [1.54, 1.807) is 0 Å². The van der Waals surface area contributed by atoms with Crippen molar-refractivity contribution in [2.75, 3.05) is 6.61 Å². The number of benzene rings is 1. The molecule has 1 aliphatic rings. The number of nitrogens with one attached hydrogen (secondary N) is 1. The highest BCUT2D eigenvalue weighted by Gasteiger charge is 2.31. The van der Waals surface area contributed by atoms with Crippen molar-refractivity contribution < 1.29 is 9.90 Å². The van der Waals surface area contributed by atoms with E-state index < -0.39 is 0 Å². The summed E-state index contributed by atoms with van der Waals surface area (Å²) in [6.45, 7) is 2.03. The second-order valence-electron chi connectivity index (χ2n) is 4.38. The lowest BCUT2D eigenvalue weighted by Crippen LogP contribution is -2.40. The molecule has 0 bridgehead atoms. The molecule has 1 amide bonds. The lowest BCUT2D eigenvalue weighted by atomic mass is 9.77. The Morgan fingerprint density at radius 2 is 2.31 bits per heavy atom. The SMILES string of the molecule is CC(CCO)NC(=O)C1Cc2ccccc21. The molecule has 0 saturated carbocycles. The Balaban J connectivity index is 1.94. The predicted molar refractivity (Wildman–Crippen MR) is 62.2 cm³/mol. The van der Waals surface area contributed by atoms with Crippen LogP contribution < -0.4 is 5.32 Å². The minimum atomic E-state index is 0.0114. The maximum atomic E-state index is 11.9. The first kappa shape index (κ1) is 11.1. The number of carbonyl (C=O) groups excluding carboxylic acids is 1. The van der Waals surface area contributed by atoms with Crippen molar-refractivity contribution in [2.45, 2.75) is 31.7 Å². The maximum Gasteiger partial charge on any atom is 0.228 e. The summed E-state index contributed by atoms with van der Waals surface area (Å²) >= 11 is 0. The monoisotopic (exact) mass is 219 g/mol. The molecule has 0 aromatic heterocycles. The molecule has 86 valence electrons. The van der Waals surface area contributed by atoms with E-state index in [0.717, 1.165) is 12.0 Å². The van der Waals surface area contributed by atoms with Gasteiger partial charge in [-0.1, -0.05) is 24.3 Å². The number of hydrogen-bond acceptors (Lipinski definition) is 2. The Bertz CT molecular complexity index is 389. The minimum absolute atomic E-state index is 0.0114. The molecule has 1 aromatic rings. The fraction of sp³-hybridized carbons (Fsp3) is 0.462. The summed E-state index contributed by atoms with van der Waals surface area (Å²) in [7, 11) is 0. The van der Waals surface area contributed by atoms with Gasteiger partial charge in [-0.15, -0.1) is 0 Å². The molecule has 0 saturated heterocycles. The smallest absolute Gasteiger partial charge is 0.228 e. The standard InChI is InChI=1S/C13H17NO2/c1-9(6-7-15)14-13(16)12-8-10-4-2-3-5-11(10)12/h2-5,9,12,15H,6-8H2,1H3,(H,14,16). The first-order chi connectivity index (χ1) is 7.72. The Morgan fingerprint density at radius 3 is 3.00 bits per heavy atom. The number of rotatable bonds is 4. The van der Waals surface area contributed by atoms with Crippen LogP contribution in [0.5, 0.6) is 0 Å². The van der Waals surface area contributed by atoms with Crippen LogP contribution in [-0.4, -0.2) is 23.7 Å². The van der Waals surface area contributed by atoms with Crippen molar-refractivity contribution in [2.24, 2.45) is 0 Å². The minimum Gasteiger partial charge on any atom is -0.396 e. The van der Waals surface area contributed by atoms with E-state index in [9.17, 15) is 4.79 Å². The highest BCUT2D eigenvalue weighted by molar-refractivity contribution is 5.87. The van der Waals surface area contributed by atoms with Crippen molar-refractivity contribution in [1.29, 1.82) is 0 Å². The number of amides is 1. The average molecular weight is 219 g/mol. The molecule has 0 radical (unpaired) electrons. The molecule has 2 unspecified atom stereocenters. The molecular weight excluding hydrogens is 202 g/mol. The van der Waals surface area contributed by atoms with Gasteiger partial charge in [0.25, 0.3) is 0 Å². The number of fused-ring (bicyclic) bond motifs is 1. The number of carbonyl (C=O) groups is 1. The molecule has 2 atom stereocenters. The molecule has 2 N–H and O–H groups in total. The van der Waals surface area contributed by atoms with E-state index in [-0.39, 0.29) is 24.5 Å². The number of aliphatic hydroxyl groups excluding tert-OH is 1. The van der Waals surface area contributed by atoms with Crippen molar-refractivity contribution >= 4 is 5.91 Å². The molecule has 0 aliphatic heterocycles. The predicted octanol–water partition coefficient (Wildman–Crippen LogP) is 1.21. The van der Waals surface area contributed by atoms with Crippen LogP contribution in [0.3, 0.4) is 0 Å². The van der Waals surface area contributed by atoms with Crippen LogP contribution in [0.25, 0.3) is 0 Å². The van der Waals surface area contributed by atoms with Gasteiger partial charge in [0.1, 0.15) is 0 Å². The highest BCUT2D eigenvalue weighted by atomic mass is 16.3. The first-order valence-electron chi connectivity index (χ1n) is 5.71. The van der Waals surface area contributed by atoms with E-state index in [2.05, 4.69) is 11.4 Å². The number of aliphatic hydroxyl groups is 1. The quantitative estimate of drug-likeness (QED) is 0.799. The van der Waals surface area contributed by atoms with Gasteiger partial charge < -0.3 is 10.4 Å². The number of hydrogen-bond donors (Lipinski definition) is 2. The van der Waals surface area contributed by atoms with Crippen LogP contribution in [-0.2, 0) is 11.2 Å². The van der Waals surface area contributed by atoms with Crippen LogP contribution >= 0.6 is 0 Å². The van der Waals surface area contributed by atoms with Crippen LogP contribution in [0.1, 0.15) is 30.4 Å². The van der Waals surface area contributed by atoms with Crippen LogP contribution in [0.2, 0.25) is 0 Å². The summed E-state index contributed by atoms with van der Waals surface area (Å²) in [5, 5.41) is 11.7. The summed E-state index contributed by atoms with van der Waals surface area (Å²) in [6.07, 6.45) is 1.45. The molecule has 3 nitrogen and oxygen atoms in total. The van der Waals surface area contributed by atoms with Crippen molar-refractivity contribution in [3.63, 3.8) is 0 Å². The van der Waals surface area contributed by atoms with Crippen LogP contribution in [0.15, 0.2) is 24.3 Å². The normalized spacial score (nSPS) is 19.5. The second kappa shape index (κ2) is 4.66. The first-order valence-corrected chi connectivity index (χ1v) is 5.71. The van der Waals surface area contributed by atoms with E-state index in [1.165, 1.54) is 5.56 Å². The van der Waals surface area contributed by atoms with E-state index in [0.29, 0.717) is 6.42 Å². The Labute approximate surface area is 95.5 Å². The molecular formula is C13H17NO2. The van der Waals surface area contributed by atoms with Crippen LogP contribution in [0, 0.1) is 0 Å². The second-order valence-corrected chi connectivity index (χ2v) is 4.38. The zero-order valence-corrected chi connectivity index (χ0v) is 9.44. The van der Waals surface area contributed by atoms with Gasteiger partial charge >= 0.3 is 0 Å². The molecule has 1 aliphatic carbocycles. The van der Waals surface area contributed by atoms with Gasteiger partial charge in [0, 0.05) is 12.6 Å².